The first kappa shape index (κ1) is 16.5. The lowest BCUT2D eigenvalue weighted by Gasteiger charge is -2.32. The molecule has 2 heterocycles. The highest BCUT2D eigenvalue weighted by Crippen LogP contribution is 2.39. The third-order valence-corrected chi connectivity index (χ3v) is 5.04. The molecule has 21 heavy (non-hydrogen) atoms. The van der Waals surface area contributed by atoms with Gasteiger partial charge >= 0.3 is 7.12 Å². The third kappa shape index (κ3) is 3.31. The zero-order valence-corrected chi connectivity index (χ0v) is 14.4. The van der Waals surface area contributed by atoms with Gasteiger partial charge in [-0.15, -0.1) is 0 Å². The number of nitrogen functional groups attached to an aromatic ring is 1. The van der Waals surface area contributed by atoms with Crippen LogP contribution in [-0.2, 0) is 9.31 Å². The average molecular weight is 309 g/mol. The van der Waals surface area contributed by atoms with Gasteiger partial charge in [-0.2, -0.15) is 0 Å². The molecule has 0 spiro atoms. The fourth-order valence-corrected chi connectivity index (χ4v) is 2.94. The van der Waals surface area contributed by atoms with E-state index in [0.717, 1.165) is 16.0 Å². The summed E-state index contributed by atoms with van der Waals surface area (Å²) in [7, 11) is 1.55. The Balaban J connectivity index is 2.31. The molecular weight excluding hydrogens is 285 g/mol. The molecule has 1 saturated heterocycles. The fourth-order valence-electron chi connectivity index (χ4n) is 2.13. The highest BCUT2D eigenvalue weighted by molar-refractivity contribution is 7.16. The van der Waals surface area contributed by atoms with Crippen LogP contribution in [0.25, 0.3) is 6.08 Å². The minimum absolute atomic E-state index is 0.341. The molecule has 0 amide bonds. The van der Waals surface area contributed by atoms with Gasteiger partial charge in [0.2, 0.25) is 0 Å². The minimum atomic E-state index is -0.356. The predicted molar refractivity (Wildman–Crippen MR) is 89.2 cm³/mol. The number of anilines is 1. The van der Waals surface area contributed by atoms with E-state index in [9.17, 15) is 0 Å². The predicted octanol–water partition coefficient (Wildman–Crippen LogP) is 2.27. The van der Waals surface area contributed by atoms with Crippen LogP contribution in [0.3, 0.4) is 0 Å². The van der Waals surface area contributed by atoms with E-state index >= 15 is 0 Å². The van der Waals surface area contributed by atoms with Crippen LogP contribution >= 0.6 is 11.3 Å². The van der Waals surface area contributed by atoms with E-state index in [-0.39, 0.29) is 18.3 Å². The van der Waals surface area contributed by atoms with Crippen molar-refractivity contribution in [1.82, 2.24) is 10.3 Å². The molecule has 7 heteroatoms. The lowest BCUT2D eigenvalue weighted by molar-refractivity contribution is 0.00578. The maximum Gasteiger partial charge on any atom is 0.491 e. The highest BCUT2D eigenvalue weighted by Gasteiger charge is 2.52. The molecular formula is C14H24BN3O2S. The Bertz CT molecular complexity index is 538. The SMILES string of the molecule is CNCC(=Cc1sc(N)nc1C)B1OC(C)(C)C(C)(C)O1. The maximum atomic E-state index is 6.12. The highest BCUT2D eigenvalue weighted by atomic mass is 32.1. The van der Waals surface area contributed by atoms with Crippen molar-refractivity contribution in [1.29, 1.82) is 0 Å². The van der Waals surface area contributed by atoms with Gasteiger partial charge in [0.05, 0.1) is 21.8 Å². The van der Waals surface area contributed by atoms with Gasteiger partial charge in [0.15, 0.2) is 5.13 Å². The van der Waals surface area contributed by atoms with Gasteiger partial charge in [0.1, 0.15) is 0 Å². The number of nitrogens with zero attached hydrogens (tertiary/aromatic N) is 1. The van der Waals surface area contributed by atoms with Crippen LogP contribution in [0.15, 0.2) is 5.47 Å². The van der Waals surface area contributed by atoms with E-state index in [1.54, 1.807) is 0 Å². The smallest absolute Gasteiger partial charge is 0.400 e. The van der Waals surface area contributed by atoms with Gasteiger partial charge in [0.25, 0.3) is 0 Å². The van der Waals surface area contributed by atoms with Crippen molar-refractivity contribution >= 4 is 29.7 Å². The van der Waals surface area contributed by atoms with Crippen molar-refractivity contribution in [3.05, 3.63) is 16.0 Å². The van der Waals surface area contributed by atoms with E-state index in [1.807, 2.05) is 14.0 Å². The lowest BCUT2D eigenvalue weighted by Crippen LogP contribution is -2.41. The normalized spacial score (nSPS) is 21.0. The second-order valence-electron chi connectivity index (χ2n) is 6.34. The number of nitrogens with one attached hydrogen (secondary N) is 1. The van der Waals surface area contributed by atoms with Gasteiger partial charge in [-0.3, -0.25) is 0 Å². The average Bonchev–Trinajstić information content (AvgIpc) is 2.75. The van der Waals surface area contributed by atoms with Crippen LogP contribution in [0.4, 0.5) is 5.13 Å². The third-order valence-electron chi connectivity index (χ3n) is 4.10. The van der Waals surface area contributed by atoms with Crippen LogP contribution in [0.2, 0.25) is 0 Å². The molecule has 0 atom stereocenters. The van der Waals surface area contributed by atoms with E-state index in [4.69, 9.17) is 15.0 Å². The monoisotopic (exact) mass is 309 g/mol. The zero-order valence-electron chi connectivity index (χ0n) is 13.6. The lowest BCUT2D eigenvalue weighted by atomic mass is 9.77. The van der Waals surface area contributed by atoms with E-state index in [0.29, 0.717) is 11.7 Å². The first-order valence-electron chi connectivity index (χ1n) is 7.10. The van der Waals surface area contributed by atoms with E-state index < -0.39 is 0 Å². The summed E-state index contributed by atoms with van der Waals surface area (Å²) in [5.74, 6) is 0. The van der Waals surface area contributed by atoms with Gasteiger partial charge in [-0.05, 0) is 53.2 Å². The Morgan fingerprint density at radius 2 is 1.90 bits per heavy atom. The van der Waals surface area contributed by atoms with Crippen LogP contribution in [0.1, 0.15) is 38.3 Å². The topological polar surface area (TPSA) is 69.4 Å². The van der Waals surface area contributed by atoms with Gasteiger partial charge in [0, 0.05) is 6.54 Å². The Morgan fingerprint density at radius 3 is 2.33 bits per heavy atom. The number of hydrogen-bond acceptors (Lipinski definition) is 6. The van der Waals surface area contributed by atoms with Gasteiger partial charge < -0.3 is 20.4 Å². The van der Waals surface area contributed by atoms with Crippen LogP contribution < -0.4 is 11.1 Å². The molecule has 3 N–H and O–H groups in total. The number of likely N-dealkylation sites (N-methyl/N-ethyl adjacent to an activating group) is 1. The summed E-state index contributed by atoms with van der Waals surface area (Å²) in [5.41, 5.74) is 7.06. The molecule has 0 unspecified atom stereocenters. The molecule has 0 radical (unpaired) electrons. The Labute approximate surface area is 131 Å². The number of nitrogens with two attached hydrogens (primary N) is 1. The fraction of sp³-hybridized carbons (Fsp3) is 0.643. The summed E-state index contributed by atoms with van der Waals surface area (Å²) in [6.45, 7) is 10.9. The van der Waals surface area contributed by atoms with Gasteiger partial charge in [-0.1, -0.05) is 11.3 Å². The summed E-state index contributed by atoms with van der Waals surface area (Å²) in [4.78, 5) is 5.31. The quantitative estimate of drug-likeness (QED) is 0.835. The Kier molecular flexibility index (Phi) is 4.49. The van der Waals surface area contributed by atoms with Crippen LogP contribution in [0.5, 0.6) is 0 Å². The van der Waals surface area contributed by atoms with Crippen molar-refractivity contribution in [2.45, 2.75) is 45.8 Å². The molecule has 0 aromatic carbocycles. The molecule has 0 saturated carbocycles. The van der Waals surface area contributed by atoms with Crippen molar-refractivity contribution in [2.75, 3.05) is 19.3 Å². The molecule has 5 nitrogen and oxygen atoms in total. The van der Waals surface area contributed by atoms with Crippen molar-refractivity contribution in [3.63, 3.8) is 0 Å². The van der Waals surface area contributed by atoms with Crippen LogP contribution in [-0.4, -0.2) is 36.9 Å². The Morgan fingerprint density at radius 1 is 1.33 bits per heavy atom. The molecule has 1 aliphatic rings. The molecule has 116 valence electrons. The molecule has 1 aromatic heterocycles. The first-order valence-corrected chi connectivity index (χ1v) is 7.91. The maximum absolute atomic E-state index is 6.12. The van der Waals surface area contributed by atoms with Crippen molar-refractivity contribution in [2.24, 2.45) is 0 Å². The summed E-state index contributed by atoms with van der Waals surface area (Å²) >= 11 is 1.48. The number of aryl methyl sites for hydroxylation is 1. The molecule has 0 bridgehead atoms. The summed E-state index contributed by atoms with van der Waals surface area (Å²) < 4.78 is 12.2. The number of thiazole rings is 1. The van der Waals surface area contributed by atoms with Crippen molar-refractivity contribution in [3.8, 4) is 0 Å². The summed E-state index contributed by atoms with van der Waals surface area (Å²) in [6, 6.07) is 0. The molecule has 1 aromatic rings. The number of aromatic nitrogens is 1. The zero-order chi connectivity index (χ0) is 15.8. The summed E-state index contributed by atoms with van der Waals surface area (Å²) in [6.07, 6.45) is 2.07. The Hall–Kier alpha value is -0.885. The largest absolute Gasteiger partial charge is 0.491 e. The van der Waals surface area contributed by atoms with Crippen molar-refractivity contribution < 1.29 is 9.31 Å². The molecule has 1 fully saturated rings. The second kappa shape index (κ2) is 5.72. The minimum Gasteiger partial charge on any atom is -0.400 e. The number of rotatable bonds is 4. The molecule has 2 rings (SSSR count). The first-order chi connectivity index (χ1) is 9.66. The standard InChI is InChI=1S/C14H24BN3O2S/c1-9-11(21-12(16)18-9)7-10(8-17-6)15-19-13(2,3)14(4,5)20-15/h7,17H,8H2,1-6H3,(H2,16,18). The van der Waals surface area contributed by atoms with E-state index in [1.165, 1.54) is 11.3 Å². The second-order valence-corrected chi connectivity index (χ2v) is 7.40. The summed E-state index contributed by atoms with van der Waals surface area (Å²) in [5, 5.41) is 3.75. The van der Waals surface area contributed by atoms with Gasteiger partial charge in [-0.25, -0.2) is 4.98 Å². The molecule has 1 aliphatic heterocycles. The van der Waals surface area contributed by atoms with Crippen LogP contribution in [0, 0.1) is 6.92 Å². The molecule has 0 aliphatic carbocycles. The number of hydrogen-bond donors (Lipinski definition) is 2. The van der Waals surface area contributed by atoms with E-state index in [2.05, 4.69) is 44.1 Å².